The number of pyridine rings is 2. The average Bonchev–Trinajstić information content (AvgIpc) is 2.66. The quantitative estimate of drug-likeness (QED) is 0.492. The number of aliphatic hydroxyl groups is 2. The molecule has 2 aromatic heterocycles. The maximum Gasteiger partial charge on any atom is 0.407 e. The number of carbonyl (C=O) groups excluding carboxylic acids is 1. The third-order valence-corrected chi connectivity index (χ3v) is 4.70. The second-order valence-corrected chi connectivity index (χ2v) is 8.84. The standard InChI is InChI=1S/C21H28ClN5O5/c1-11-7-6-8-23-16(11)27-13-9-14(22)25-18(15(13)17(28)26-19(27)29)31-12(2)10-24-20(30)32-21(3,4)5/h6-9,12,17,19,26,28-29H,10H2,1-5H3,(H,24,30). The Bertz CT molecular complexity index is 984. The summed E-state index contributed by atoms with van der Waals surface area (Å²) in [7, 11) is 0. The summed E-state index contributed by atoms with van der Waals surface area (Å²) in [5.41, 5.74) is 0.869. The largest absolute Gasteiger partial charge is 0.472 e. The van der Waals surface area contributed by atoms with Gasteiger partial charge in [-0.3, -0.25) is 4.90 Å². The number of rotatable bonds is 5. The summed E-state index contributed by atoms with van der Waals surface area (Å²) in [5.74, 6) is 0.546. The van der Waals surface area contributed by atoms with Gasteiger partial charge in [-0.1, -0.05) is 17.7 Å². The molecule has 0 spiro atoms. The van der Waals surface area contributed by atoms with Crippen LogP contribution in [0.1, 0.15) is 45.0 Å². The van der Waals surface area contributed by atoms with Crippen LogP contribution in [0.5, 0.6) is 5.88 Å². The average molecular weight is 466 g/mol. The predicted octanol–water partition coefficient (Wildman–Crippen LogP) is 2.74. The summed E-state index contributed by atoms with van der Waals surface area (Å²) in [5, 5.41) is 26.6. The van der Waals surface area contributed by atoms with Crippen LogP contribution in [0.15, 0.2) is 24.4 Å². The van der Waals surface area contributed by atoms with Crippen molar-refractivity contribution < 1.29 is 24.5 Å². The molecular formula is C21H28ClN5O5. The molecule has 32 heavy (non-hydrogen) atoms. The number of carbonyl (C=O) groups is 1. The van der Waals surface area contributed by atoms with Crippen molar-refractivity contribution in [1.29, 1.82) is 0 Å². The lowest BCUT2D eigenvalue weighted by molar-refractivity contribution is 0.0318. The van der Waals surface area contributed by atoms with Crippen LogP contribution in [0.25, 0.3) is 0 Å². The number of hydrogen-bond donors (Lipinski definition) is 4. The molecule has 0 aliphatic carbocycles. The monoisotopic (exact) mass is 465 g/mol. The fourth-order valence-corrected chi connectivity index (χ4v) is 3.38. The van der Waals surface area contributed by atoms with Crippen molar-refractivity contribution in [3.8, 4) is 5.88 Å². The highest BCUT2D eigenvalue weighted by Crippen LogP contribution is 2.42. The molecule has 0 bridgehead atoms. The number of aromatic nitrogens is 2. The number of amides is 1. The van der Waals surface area contributed by atoms with Gasteiger partial charge in [0.2, 0.25) is 5.88 Å². The Labute approximate surface area is 191 Å². The third kappa shape index (κ3) is 5.57. The molecule has 11 heteroatoms. The molecule has 4 N–H and O–H groups in total. The first kappa shape index (κ1) is 24.0. The summed E-state index contributed by atoms with van der Waals surface area (Å²) in [4.78, 5) is 22.0. The predicted molar refractivity (Wildman–Crippen MR) is 119 cm³/mol. The molecular weight excluding hydrogens is 438 g/mol. The van der Waals surface area contributed by atoms with Crippen molar-refractivity contribution in [3.63, 3.8) is 0 Å². The molecule has 0 saturated heterocycles. The summed E-state index contributed by atoms with van der Waals surface area (Å²) >= 11 is 6.24. The van der Waals surface area contributed by atoms with Gasteiger partial charge in [0.15, 0.2) is 6.35 Å². The molecule has 1 aliphatic heterocycles. The molecule has 174 valence electrons. The molecule has 0 aromatic carbocycles. The van der Waals surface area contributed by atoms with E-state index in [4.69, 9.17) is 21.1 Å². The molecule has 3 unspecified atom stereocenters. The topological polar surface area (TPSA) is 129 Å². The molecule has 1 amide bonds. The number of nitrogens with one attached hydrogen (secondary N) is 2. The summed E-state index contributed by atoms with van der Waals surface area (Å²) in [6.07, 6.45) is -2.03. The van der Waals surface area contributed by atoms with Crippen LogP contribution in [0.2, 0.25) is 5.15 Å². The van der Waals surface area contributed by atoms with E-state index in [0.29, 0.717) is 11.5 Å². The lowest BCUT2D eigenvalue weighted by Gasteiger charge is -2.39. The number of aryl methyl sites for hydroxylation is 1. The first-order chi connectivity index (χ1) is 15.0. The van der Waals surface area contributed by atoms with Gasteiger partial charge in [0.25, 0.3) is 0 Å². The fourth-order valence-electron chi connectivity index (χ4n) is 3.20. The van der Waals surface area contributed by atoms with Crippen LogP contribution in [-0.4, -0.2) is 50.9 Å². The molecule has 3 heterocycles. The van der Waals surface area contributed by atoms with Gasteiger partial charge in [-0.25, -0.2) is 20.1 Å². The summed E-state index contributed by atoms with van der Waals surface area (Å²) in [6.45, 7) is 9.02. The van der Waals surface area contributed by atoms with E-state index in [-0.39, 0.29) is 23.1 Å². The lowest BCUT2D eigenvalue weighted by atomic mass is 10.1. The molecule has 0 saturated carbocycles. The zero-order valence-electron chi connectivity index (χ0n) is 18.6. The van der Waals surface area contributed by atoms with Gasteiger partial charge >= 0.3 is 6.09 Å². The zero-order valence-corrected chi connectivity index (χ0v) is 19.3. The number of anilines is 2. The minimum Gasteiger partial charge on any atom is -0.472 e. The molecule has 0 fully saturated rings. The number of ether oxygens (including phenoxy) is 2. The minimum atomic E-state index is -1.27. The minimum absolute atomic E-state index is 0.0662. The SMILES string of the molecule is Cc1cccnc1N1c2cc(Cl)nc(OC(C)CNC(=O)OC(C)(C)C)c2C(O)NC1O. The second-order valence-electron chi connectivity index (χ2n) is 8.45. The van der Waals surface area contributed by atoms with E-state index >= 15 is 0 Å². The van der Waals surface area contributed by atoms with E-state index < -0.39 is 30.4 Å². The van der Waals surface area contributed by atoms with Crippen LogP contribution < -0.4 is 20.3 Å². The number of nitrogens with zero attached hydrogens (tertiary/aromatic N) is 3. The van der Waals surface area contributed by atoms with Crippen LogP contribution in [-0.2, 0) is 4.74 Å². The number of alkyl carbamates (subject to hydrolysis) is 1. The Morgan fingerprint density at radius 2 is 2.12 bits per heavy atom. The summed E-state index contributed by atoms with van der Waals surface area (Å²) in [6, 6.07) is 5.16. The zero-order chi connectivity index (χ0) is 23.6. The Kier molecular flexibility index (Phi) is 7.09. The van der Waals surface area contributed by atoms with Crippen molar-refractivity contribution in [1.82, 2.24) is 20.6 Å². The van der Waals surface area contributed by atoms with Gasteiger partial charge < -0.3 is 25.0 Å². The van der Waals surface area contributed by atoms with E-state index in [1.54, 1.807) is 40.0 Å². The van der Waals surface area contributed by atoms with Crippen LogP contribution >= 0.6 is 11.6 Å². The lowest BCUT2D eigenvalue weighted by Crippen LogP contribution is -2.50. The van der Waals surface area contributed by atoms with E-state index in [0.717, 1.165) is 5.56 Å². The smallest absolute Gasteiger partial charge is 0.407 e. The fraction of sp³-hybridized carbons (Fsp3) is 0.476. The van der Waals surface area contributed by atoms with Crippen molar-refractivity contribution >= 4 is 29.2 Å². The Hall–Kier alpha value is -2.66. The molecule has 3 rings (SSSR count). The van der Waals surface area contributed by atoms with Crippen molar-refractivity contribution in [3.05, 3.63) is 40.7 Å². The van der Waals surface area contributed by atoms with Gasteiger partial charge in [0, 0.05) is 12.3 Å². The maximum atomic E-state index is 11.9. The van der Waals surface area contributed by atoms with Crippen LogP contribution in [0.4, 0.5) is 16.3 Å². The van der Waals surface area contributed by atoms with Gasteiger partial charge in [0.1, 0.15) is 28.9 Å². The van der Waals surface area contributed by atoms with E-state index in [1.807, 2.05) is 13.0 Å². The first-order valence-corrected chi connectivity index (χ1v) is 10.5. The van der Waals surface area contributed by atoms with Gasteiger partial charge in [-0.2, -0.15) is 0 Å². The van der Waals surface area contributed by atoms with Crippen LogP contribution in [0, 0.1) is 6.92 Å². The Balaban J connectivity index is 1.87. The molecule has 0 radical (unpaired) electrons. The Morgan fingerprint density at radius 3 is 2.78 bits per heavy atom. The molecule has 1 aliphatic rings. The number of hydrogen-bond acceptors (Lipinski definition) is 9. The van der Waals surface area contributed by atoms with Gasteiger partial charge in [-0.15, -0.1) is 0 Å². The third-order valence-electron chi connectivity index (χ3n) is 4.51. The summed E-state index contributed by atoms with van der Waals surface area (Å²) < 4.78 is 11.1. The van der Waals surface area contributed by atoms with Crippen molar-refractivity contribution in [2.24, 2.45) is 0 Å². The highest BCUT2D eigenvalue weighted by Gasteiger charge is 2.36. The highest BCUT2D eigenvalue weighted by atomic mass is 35.5. The van der Waals surface area contributed by atoms with Crippen molar-refractivity contribution in [2.75, 3.05) is 11.4 Å². The molecule has 3 atom stereocenters. The molecule has 10 nitrogen and oxygen atoms in total. The second kappa shape index (κ2) is 9.45. The van der Waals surface area contributed by atoms with Crippen molar-refractivity contribution in [2.45, 2.75) is 58.9 Å². The number of halogens is 1. The number of fused-ring (bicyclic) bond motifs is 1. The van der Waals surface area contributed by atoms with E-state index in [1.165, 1.54) is 11.0 Å². The van der Waals surface area contributed by atoms with Crippen LogP contribution in [0.3, 0.4) is 0 Å². The number of aliphatic hydroxyl groups excluding tert-OH is 2. The van der Waals surface area contributed by atoms with E-state index in [2.05, 4.69) is 20.6 Å². The van der Waals surface area contributed by atoms with Gasteiger partial charge in [0.05, 0.1) is 17.8 Å². The molecule has 2 aromatic rings. The normalized spacial score (nSPS) is 19.2. The maximum absolute atomic E-state index is 11.9. The first-order valence-electron chi connectivity index (χ1n) is 10.1. The highest BCUT2D eigenvalue weighted by molar-refractivity contribution is 6.29. The van der Waals surface area contributed by atoms with E-state index in [9.17, 15) is 15.0 Å². The Morgan fingerprint density at radius 1 is 1.41 bits per heavy atom. The van der Waals surface area contributed by atoms with Gasteiger partial charge in [-0.05, 0) is 46.2 Å².